The molecule has 84 valence electrons. The minimum atomic E-state index is 0.00243. The molecule has 3 N–H and O–H groups in total. The predicted octanol–water partition coefficient (Wildman–Crippen LogP) is 1.74. The summed E-state index contributed by atoms with van der Waals surface area (Å²) in [7, 11) is 0. The summed E-state index contributed by atoms with van der Waals surface area (Å²) in [6, 6.07) is 7.25. The number of benzene rings is 1. The van der Waals surface area contributed by atoms with Gasteiger partial charge in [-0.25, -0.2) is 0 Å². The Hall–Kier alpha value is -1.79. The topological polar surface area (TPSA) is 55.1 Å². The number of carbonyl (C=O) groups excluding carboxylic acids is 1. The summed E-state index contributed by atoms with van der Waals surface area (Å²) in [4.78, 5) is 11.5. The summed E-state index contributed by atoms with van der Waals surface area (Å²) in [6.07, 6.45) is 7.46. The van der Waals surface area contributed by atoms with Gasteiger partial charge in [0.05, 0.1) is 0 Å². The van der Waals surface area contributed by atoms with Crippen molar-refractivity contribution < 1.29 is 4.79 Å². The van der Waals surface area contributed by atoms with E-state index in [2.05, 4.69) is 11.2 Å². The molecule has 0 unspecified atom stereocenters. The van der Waals surface area contributed by atoms with Crippen LogP contribution in [0.15, 0.2) is 24.3 Å². The number of hydrogen-bond donors (Lipinski definition) is 2. The molecule has 0 saturated heterocycles. The highest BCUT2D eigenvalue weighted by Gasteiger charge is 2.01. The Morgan fingerprint density at radius 1 is 1.44 bits per heavy atom. The van der Waals surface area contributed by atoms with Gasteiger partial charge in [0.25, 0.3) is 0 Å². The van der Waals surface area contributed by atoms with E-state index in [0.29, 0.717) is 13.0 Å². The van der Waals surface area contributed by atoms with Crippen molar-refractivity contribution in [2.45, 2.75) is 19.3 Å². The Morgan fingerprint density at radius 3 is 2.94 bits per heavy atom. The van der Waals surface area contributed by atoms with Crippen LogP contribution >= 0.6 is 0 Å². The summed E-state index contributed by atoms with van der Waals surface area (Å²) < 4.78 is 0. The summed E-state index contributed by atoms with van der Waals surface area (Å²) in [5.41, 5.74) is 6.86. The Kier molecular flexibility index (Phi) is 5.10. The van der Waals surface area contributed by atoms with Gasteiger partial charge in [0.1, 0.15) is 0 Å². The minimum Gasteiger partial charge on any atom is -0.330 e. The molecule has 0 atom stereocenters. The Bertz CT molecular complexity index is 393. The monoisotopic (exact) mass is 216 g/mol. The molecule has 1 aromatic rings. The molecule has 0 aliphatic rings. The van der Waals surface area contributed by atoms with Crippen LogP contribution in [0.3, 0.4) is 0 Å². The fourth-order valence-electron chi connectivity index (χ4n) is 1.34. The molecule has 0 aliphatic heterocycles. The lowest BCUT2D eigenvalue weighted by atomic mass is 10.2. The molecular weight excluding hydrogens is 200 g/mol. The molecule has 16 heavy (non-hydrogen) atoms. The van der Waals surface area contributed by atoms with Crippen molar-refractivity contribution in [1.82, 2.24) is 0 Å². The van der Waals surface area contributed by atoms with Gasteiger partial charge < -0.3 is 11.1 Å². The predicted molar refractivity (Wildman–Crippen MR) is 65.9 cm³/mol. The number of rotatable bonds is 5. The SMILES string of the molecule is C#Cc1cccc(NC(=O)CCCCN)c1. The van der Waals surface area contributed by atoms with Gasteiger partial charge in [-0.2, -0.15) is 0 Å². The summed E-state index contributed by atoms with van der Waals surface area (Å²) >= 11 is 0. The van der Waals surface area contributed by atoms with Crippen molar-refractivity contribution in [3.05, 3.63) is 29.8 Å². The van der Waals surface area contributed by atoms with E-state index in [1.165, 1.54) is 0 Å². The van der Waals surface area contributed by atoms with Crippen LogP contribution in [0.25, 0.3) is 0 Å². The second-order valence-corrected chi connectivity index (χ2v) is 3.52. The molecule has 0 heterocycles. The van der Waals surface area contributed by atoms with E-state index in [1.807, 2.05) is 18.2 Å². The number of amides is 1. The van der Waals surface area contributed by atoms with Gasteiger partial charge in [-0.05, 0) is 37.6 Å². The van der Waals surface area contributed by atoms with Crippen LogP contribution in [0.1, 0.15) is 24.8 Å². The Balaban J connectivity index is 2.47. The molecule has 0 fully saturated rings. The largest absolute Gasteiger partial charge is 0.330 e. The molecule has 0 spiro atoms. The zero-order valence-electron chi connectivity index (χ0n) is 9.20. The zero-order chi connectivity index (χ0) is 11.8. The lowest BCUT2D eigenvalue weighted by Crippen LogP contribution is -2.12. The minimum absolute atomic E-state index is 0.00243. The first kappa shape index (κ1) is 12.3. The first-order valence-corrected chi connectivity index (χ1v) is 5.33. The summed E-state index contributed by atoms with van der Waals surface area (Å²) in [6.45, 7) is 0.625. The maximum absolute atomic E-state index is 11.5. The first-order valence-electron chi connectivity index (χ1n) is 5.33. The third kappa shape index (κ3) is 4.16. The molecular formula is C13H16N2O. The van der Waals surface area contributed by atoms with Crippen molar-refractivity contribution in [1.29, 1.82) is 0 Å². The molecule has 1 amide bonds. The highest BCUT2D eigenvalue weighted by molar-refractivity contribution is 5.90. The smallest absolute Gasteiger partial charge is 0.224 e. The van der Waals surface area contributed by atoms with Gasteiger partial charge in [0.15, 0.2) is 0 Å². The molecule has 1 aromatic carbocycles. The van der Waals surface area contributed by atoms with Gasteiger partial charge >= 0.3 is 0 Å². The lowest BCUT2D eigenvalue weighted by molar-refractivity contribution is -0.116. The second kappa shape index (κ2) is 6.65. The normalized spacial score (nSPS) is 9.50. The average Bonchev–Trinajstić information content (AvgIpc) is 2.29. The molecule has 0 aromatic heterocycles. The summed E-state index contributed by atoms with van der Waals surface area (Å²) in [5.74, 6) is 2.53. The van der Waals surface area contributed by atoms with Crippen molar-refractivity contribution in [3.8, 4) is 12.3 Å². The van der Waals surface area contributed by atoms with Crippen LogP contribution in [0, 0.1) is 12.3 Å². The zero-order valence-corrected chi connectivity index (χ0v) is 9.20. The molecule has 3 nitrogen and oxygen atoms in total. The van der Waals surface area contributed by atoms with Crippen LogP contribution in [0.2, 0.25) is 0 Å². The quantitative estimate of drug-likeness (QED) is 0.582. The number of hydrogen-bond acceptors (Lipinski definition) is 2. The van der Waals surface area contributed by atoms with Gasteiger partial charge in [-0.15, -0.1) is 6.42 Å². The number of anilines is 1. The van der Waals surface area contributed by atoms with E-state index < -0.39 is 0 Å². The third-order valence-corrected chi connectivity index (χ3v) is 2.17. The standard InChI is InChI=1S/C13H16N2O/c1-2-11-6-5-7-12(10-11)15-13(16)8-3-4-9-14/h1,5-7,10H,3-4,8-9,14H2,(H,15,16). The highest BCUT2D eigenvalue weighted by Crippen LogP contribution is 2.10. The molecule has 0 radical (unpaired) electrons. The van der Waals surface area contributed by atoms with Crippen molar-refractivity contribution in [2.24, 2.45) is 5.73 Å². The number of nitrogens with two attached hydrogens (primary N) is 1. The molecule has 0 bridgehead atoms. The second-order valence-electron chi connectivity index (χ2n) is 3.52. The number of unbranched alkanes of at least 4 members (excludes halogenated alkanes) is 1. The van der Waals surface area contributed by atoms with E-state index in [0.717, 1.165) is 24.1 Å². The Labute approximate surface area is 96.0 Å². The van der Waals surface area contributed by atoms with E-state index in [9.17, 15) is 4.79 Å². The lowest BCUT2D eigenvalue weighted by Gasteiger charge is -2.05. The van der Waals surface area contributed by atoms with Crippen molar-refractivity contribution >= 4 is 11.6 Å². The Morgan fingerprint density at radius 2 is 2.25 bits per heavy atom. The van der Waals surface area contributed by atoms with Crippen LogP contribution in [0.4, 0.5) is 5.69 Å². The first-order chi connectivity index (χ1) is 7.76. The number of nitrogens with one attached hydrogen (secondary N) is 1. The van der Waals surface area contributed by atoms with Gasteiger partial charge in [0, 0.05) is 17.7 Å². The van der Waals surface area contributed by atoms with Gasteiger partial charge in [0.2, 0.25) is 5.91 Å². The maximum Gasteiger partial charge on any atom is 0.224 e. The molecule has 1 rings (SSSR count). The van der Waals surface area contributed by atoms with Crippen LogP contribution in [-0.2, 0) is 4.79 Å². The van der Waals surface area contributed by atoms with Crippen LogP contribution < -0.4 is 11.1 Å². The molecule has 0 aliphatic carbocycles. The third-order valence-electron chi connectivity index (χ3n) is 2.17. The van der Waals surface area contributed by atoms with E-state index in [-0.39, 0.29) is 5.91 Å². The molecule has 3 heteroatoms. The van der Waals surface area contributed by atoms with Crippen LogP contribution in [0.5, 0.6) is 0 Å². The van der Waals surface area contributed by atoms with Crippen molar-refractivity contribution in [3.63, 3.8) is 0 Å². The number of terminal acetylenes is 1. The van der Waals surface area contributed by atoms with Crippen molar-refractivity contribution in [2.75, 3.05) is 11.9 Å². The molecule has 0 saturated carbocycles. The number of carbonyl (C=O) groups is 1. The van der Waals surface area contributed by atoms with E-state index in [4.69, 9.17) is 12.2 Å². The van der Waals surface area contributed by atoms with Crippen LogP contribution in [-0.4, -0.2) is 12.5 Å². The fourth-order valence-corrected chi connectivity index (χ4v) is 1.34. The highest BCUT2D eigenvalue weighted by atomic mass is 16.1. The van der Waals surface area contributed by atoms with Gasteiger partial charge in [-0.1, -0.05) is 12.0 Å². The summed E-state index contributed by atoms with van der Waals surface area (Å²) in [5, 5.41) is 2.80. The van der Waals surface area contributed by atoms with E-state index >= 15 is 0 Å². The van der Waals surface area contributed by atoms with E-state index in [1.54, 1.807) is 6.07 Å². The fraction of sp³-hybridized carbons (Fsp3) is 0.308. The van der Waals surface area contributed by atoms with Gasteiger partial charge in [-0.3, -0.25) is 4.79 Å². The maximum atomic E-state index is 11.5. The average molecular weight is 216 g/mol.